The van der Waals surface area contributed by atoms with Crippen LogP contribution in [0.3, 0.4) is 0 Å². The number of hydrogen-bond acceptors (Lipinski definition) is 6. The highest BCUT2D eigenvalue weighted by Crippen LogP contribution is 2.14. The zero-order chi connectivity index (χ0) is 40.1. The van der Waals surface area contributed by atoms with Gasteiger partial charge in [-0.15, -0.1) is 0 Å². The predicted octanol–water partition coefficient (Wildman–Crippen LogP) is 15.0. The summed E-state index contributed by atoms with van der Waals surface area (Å²) in [6.45, 7) is 6.46. The molecule has 0 aliphatic rings. The summed E-state index contributed by atoms with van der Waals surface area (Å²) in [7, 11) is 0. The van der Waals surface area contributed by atoms with E-state index in [9.17, 15) is 14.4 Å². The van der Waals surface area contributed by atoms with Gasteiger partial charge < -0.3 is 14.2 Å². The minimum Gasteiger partial charge on any atom is -0.462 e. The fourth-order valence-electron chi connectivity index (χ4n) is 6.59. The van der Waals surface area contributed by atoms with Gasteiger partial charge in [0.2, 0.25) is 0 Å². The van der Waals surface area contributed by atoms with Crippen LogP contribution in [0, 0.1) is 0 Å². The van der Waals surface area contributed by atoms with Gasteiger partial charge in [0, 0.05) is 19.3 Å². The van der Waals surface area contributed by atoms with Gasteiger partial charge in [0.15, 0.2) is 6.10 Å². The third kappa shape index (κ3) is 42.6. The second kappa shape index (κ2) is 44.3. The molecule has 0 saturated carbocycles. The Hall–Kier alpha value is -2.37. The number of carbonyl (C=O) groups excluding carboxylic acids is 3. The van der Waals surface area contributed by atoms with Crippen molar-refractivity contribution in [3.63, 3.8) is 0 Å². The molecule has 0 radical (unpaired) electrons. The maximum Gasteiger partial charge on any atom is 0.306 e. The molecule has 0 heterocycles. The van der Waals surface area contributed by atoms with E-state index in [-0.39, 0.29) is 37.5 Å². The van der Waals surface area contributed by atoms with Gasteiger partial charge in [-0.3, -0.25) is 14.4 Å². The Morgan fingerprint density at radius 3 is 1.15 bits per heavy atom. The maximum atomic E-state index is 12.6. The molecule has 1 unspecified atom stereocenters. The van der Waals surface area contributed by atoms with Gasteiger partial charge in [-0.25, -0.2) is 0 Å². The van der Waals surface area contributed by atoms with Crippen molar-refractivity contribution in [1.82, 2.24) is 0 Å². The van der Waals surface area contributed by atoms with Crippen molar-refractivity contribution in [2.45, 2.75) is 245 Å². The lowest BCUT2D eigenvalue weighted by atomic mass is 10.1. The summed E-state index contributed by atoms with van der Waals surface area (Å²) in [6.07, 6.45) is 50.1. The van der Waals surface area contributed by atoms with E-state index < -0.39 is 6.10 Å². The summed E-state index contributed by atoms with van der Waals surface area (Å²) in [5, 5.41) is 0. The molecule has 0 aromatic heterocycles. The molecular weight excluding hydrogens is 685 g/mol. The summed E-state index contributed by atoms with van der Waals surface area (Å²) in [4.78, 5) is 37.6. The highest BCUT2D eigenvalue weighted by molar-refractivity contribution is 5.71. The molecule has 0 fully saturated rings. The van der Waals surface area contributed by atoms with Gasteiger partial charge in [0.1, 0.15) is 13.2 Å². The average Bonchev–Trinajstić information content (AvgIpc) is 3.18. The third-order valence-electron chi connectivity index (χ3n) is 10.1. The van der Waals surface area contributed by atoms with Crippen LogP contribution >= 0.6 is 0 Å². The molecule has 0 aromatic rings. The summed E-state index contributed by atoms with van der Waals surface area (Å²) >= 11 is 0. The van der Waals surface area contributed by atoms with Crippen LogP contribution in [0.5, 0.6) is 0 Å². The molecule has 55 heavy (non-hydrogen) atoms. The molecule has 0 N–H and O–H groups in total. The minimum atomic E-state index is -0.784. The van der Waals surface area contributed by atoms with Crippen molar-refractivity contribution in [2.24, 2.45) is 0 Å². The van der Waals surface area contributed by atoms with Gasteiger partial charge in [0.05, 0.1) is 0 Å². The van der Waals surface area contributed by atoms with Gasteiger partial charge in [-0.1, -0.05) is 186 Å². The van der Waals surface area contributed by atoms with Crippen LogP contribution in [0.1, 0.15) is 239 Å². The lowest BCUT2D eigenvalue weighted by Crippen LogP contribution is -2.30. The van der Waals surface area contributed by atoms with E-state index in [0.29, 0.717) is 12.8 Å². The van der Waals surface area contributed by atoms with Crippen molar-refractivity contribution >= 4 is 17.9 Å². The lowest BCUT2D eigenvalue weighted by Gasteiger charge is -2.18. The highest BCUT2D eigenvalue weighted by atomic mass is 16.6. The largest absolute Gasteiger partial charge is 0.462 e. The number of allylic oxidation sites excluding steroid dienone is 6. The van der Waals surface area contributed by atoms with Crippen LogP contribution < -0.4 is 0 Å². The molecule has 320 valence electrons. The fourth-order valence-corrected chi connectivity index (χ4v) is 6.59. The minimum absolute atomic E-state index is 0.0850. The van der Waals surface area contributed by atoms with Gasteiger partial charge in [-0.2, -0.15) is 0 Å². The number of carbonyl (C=O) groups is 3. The molecule has 0 rings (SSSR count). The van der Waals surface area contributed by atoms with E-state index in [0.717, 1.165) is 70.6 Å². The molecule has 1 atom stereocenters. The summed E-state index contributed by atoms with van der Waals surface area (Å²) in [5.41, 5.74) is 0. The normalized spacial score (nSPS) is 12.3. The van der Waals surface area contributed by atoms with Crippen molar-refractivity contribution in [1.29, 1.82) is 0 Å². The number of hydrogen-bond donors (Lipinski definition) is 0. The second-order valence-electron chi connectivity index (χ2n) is 15.6. The van der Waals surface area contributed by atoms with Gasteiger partial charge in [-0.05, 0) is 70.6 Å². The Morgan fingerprint density at radius 1 is 0.382 bits per heavy atom. The van der Waals surface area contributed by atoms with E-state index in [1.165, 1.54) is 128 Å². The van der Waals surface area contributed by atoms with Crippen LogP contribution in [0.2, 0.25) is 0 Å². The third-order valence-corrected chi connectivity index (χ3v) is 10.1. The number of rotatable bonds is 42. The molecule has 0 bridgehead atoms. The molecule has 0 spiro atoms. The van der Waals surface area contributed by atoms with Crippen molar-refractivity contribution in [3.05, 3.63) is 36.5 Å². The Labute approximate surface area is 340 Å². The van der Waals surface area contributed by atoms with E-state index >= 15 is 0 Å². The van der Waals surface area contributed by atoms with E-state index in [4.69, 9.17) is 14.2 Å². The molecule has 0 aliphatic heterocycles. The number of ether oxygens (including phenoxy) is 3. The molecular formula is C49H88O6. The van der Waals surface area contributed by atoms with Crippen LogP contribution in [-0.2, 0) is 28.6 Å². The summed E-state index contributed by atoms with van der Waals surface area (Å²) < 4.78 is 16.6. The SMILES string of the molecule is CC/C=C\C/C=C\CCCCC(=O)OC(COC(=O)CCCCCCCCC/C=C\CCCCCCCCCC)COC(=O)CCCCCCCCCCC. The molecule has 0 aromatic carbocycles. The molecule has 0 amide bonds. The summed E-state index contributed by atoms with van der Waals surface area (Å²) in [6, 6.07) is 0. The molecule has 6 heteroatoms. The lowest BCUT2D eigenvalue weighted by molar-refractivity contribution is -0.167. The number of esters is 3. The number of unbranched alkanes of at least 4 members (excludes halogenated alkanes) is 25. The Morgan fingerprint density at radius 2 is 0.709 bits per heavy atom. The topological polar surface area (TPSA) is 78.9 Å². The van der Waals surface area contributed by atoms with Crippen LogP contribution in [0.4, 0.5) is 0 Å². The molecule has 6 nitrogen and oxygen atoms in total. The first-order chi connectivity index (χ1) is 27.0. The monoisotopic (exact) mass is 773 g/mol. The molecule has 0 saturated heterocycles. The summed E-state index contributed by atoms with van der Waals surface area (Å²) in [5.74, 6) is -0.927. The van der Waals surface area contributed by atoms with E-state index in [1.807, 2.05) is 0 Å². The van der Waals surface area contributed by atoms with Crippen molar-refractivity contribution in [2.75, 3.05) is 13.2 Å². The Kier molecular flexibility index (Phi) is 42.4. The zero-order valence-corrected chi connectivity index (χ0v) is 36.4. The Bertz CT molecular complexity index is 938. The fraction of sp³-hybridized carbons (Fsp3) is 0.816. The van der Waals surface area contributed by atoms with Crippen LogP contribution in [0.15, 0.2) is 36.5 Å². The highest BCUT2D eigenvalue weighted by Gasteiger charge is 2.19. The quantitative estimate of drug-likeness (QED) is 0.0266. The Balaban J connectivity index is 4.25. The van der Waals surface area contributed by atoms with E-state index in [1.54, 1.807) is 0 Å². The first kappa shape index (κ1) is 52.6. The average molecular weight is 773 g/mol. The zero-order valence-electron chi connectivity index (χ0n) is 36.4. The van der Waals surface area contributed by atoms with Crippen molar-refractivity contribution in [3.8, 4) is 0 Å². The van der Waals surface area contributed by atoms with Crippen LogP contribution in [0.25, 0.3) is 0 Å². The van der Waals surface area contributed by atoms with E-state index in [2.05, 4.69) is 57.2 Å². The van der Waals surface area contributed by atoms with Crippen molar-refractivity contribution < 1.29 is 28.6 Å². The standard InChI is InChI=1S/C49H88O6/c1-4-7-10-13-16-19-20-21-22-23-24-25-26-27-28-31-33-36-39-42-48(51)54-45-46(55-49(52)43-40-37-34-30-18-15-12-9-6-3)44-53-47(50)41-38-35-32-29-17-14-11-8-5-2/h9,12,18,23-24,30,46H,4-8,10-11,13-17,19-22,25-29,31-45H2,1-3H3/b12-9-,24-23-,30-18-. The second-order valence-corrected chi connectivity index (χ2v) is 15.6. The predicted molar refractivity (Wildman–Crippen MR) is 233 cm³/mol. The molecule has 0 aliphatic carbocycles. The first-order valence-electron chi connectivity index (χ1n) is 23.5. The first-order valence-corrected chi connectivity index (χ1v) is 23.5. The maximum absolute atomic E-state index is 12.6. The van der Waals surface area contributed by atoms with Crippen LogP contribution in [-0.4, -0.2) is 37.2 Å². The van der Waals surface area contributed by atoms with Gasteiger partial charge in [0.25, 0.3) is 0 Å². The smallest absolute Gasteiger partial charge is 0.306 e. The van der Waals surface area contributed by atoms with Gasteiger partial charge >= 0.3 is 17.9 Å².